The van der Waals surface area contributed by atoms with Crippen LogP contribution in [0.2, 0.25) is 0 Å². The van der Waals surface area contributed by atoms with Gasteiger partial charge in [0, 0.05) is 56.4 Å². The summed E-state index contributed by atoms with van der Waals surface area (Å²) in [6.45, 7) is 4.12. The molecule has 214 valence electrons. The molecular weight excluding hydrogens is 516 g/mol. The first-order valence-corrected chi connectivity index (χ1v) is 13.6. The van der Waals surface area contributed by atoms with Crippen LogP contribution in [0.1, 0.15) is 30.0 Å². The van der Waals surface area contributed by atoms with Crippen LogP contribution in [0, 0.1) is 11.8 Å². The molecule has 2 heterocycles. The van der Waals surface area contributed by atoms with Crippen LogP contribution in [0.15, 0.2) is 67.1 Å². The molecule has 3 aromatic rings. The number of carbonyl (C=O) groups is 2. The van der Waals surface area contributed by atoms with Crippen molar-refractivity contribution in [3.63, 3.8) is 0 Å². The molecule has 1 aromatic carbocycles. The van der Waals surface area contributed by atoms with E-state index in [4.69, 9.17) is 0 Å². The summed E-state index contributed by atoms with van der Waals surface area (Å²) in [6, 6.07) is 11.2. The lowest BCUT2D eigenvalue weighted by atomic mass is 10.2. The van der Waals surface area contributed by atoms with Gasteiger partial charge in [-0.25, -0.2) is 4.98 Å². The van der Waals surface area contributed by atoms with Crippen LogP contribution in [0.25, 0.3) is 0 Å². The highest BCUT2D eigenvalue weighted by Gasteiger charge is 2.11. The number of likely N-dealkylation sites (N-methyl/N-ethyl adjacent to an activating group) is 2. The number of hydrogen-bond donors (Lipinski definition) is 3. The predicted octanol–water partition coefficient (Wildman–Crippen LogP) is 3.26. The Balaban J connectivity index is 1.62. The van der Waals surface area contributed by atoms with Gasteiger partial charge in [0.2, 0.25) is 17.8 Å². The molecule has 0 fully saturated rings. The maximum atomic E-state index is 12.5. The van der Waals surface area contributed by atoms with Crippen molar-refractivity contribution < 1.29 is 9.59 Å². The molecule has 10 heteroatoms. The van der Waals surface area contributed by atoms with Crippen molar-refractivity contribution in [1.82, 2.24) is 24.8 Å². The van der Waals surface area contributed by atoms with E-state index < -0.39 is 0 Å². The number of pyridine rings is 1. The lowest BCUT2D eigenvalue weighted by Crippen LogP contribution is -2.34. The third kappa shape index (κ3) is 11.1. The number of nitrogens with one attached hydrogen (secondary N) is 3. The van der Waals surface area contributed by atoms with Crippen LogP contribution in [0.3, 0.4) is 0 Å². The Bertz CT molecular complexity index is 1380. The lowest BCUT2D eigenvalue weighted by Gasteiger charge is -2.15. The number of hydrogen-bond acceptors (Lipinski definition) is 8. The van der Waals surface area contributed by atoms with Crippen molar-refractivity contribution in [2.75, 3.05) is 63.3 Å². The first-order valence-electron chi connectivity index (χ1n) is 13.6. The molecule has 0 aliphatic heterocycles. The van der Waals surface area contributed by atoms with Gasteiger partial charge < -0.3 is 25.8 Å². The molecule has 0 saturated carbocycles. The van der Waals surface area contributed by atoms with E-state index in [1.54, 1.807) is 43.8 Å². The second-order valence-corrected chi connectivity index (χ2v) is 9.65. The molecule has 2 amide bonds. The quantitative estimate of drug-likeness (QED) is 0.218. The fourth-order valence-corrected chi connectivity index (χ4v) is 3.60. The molecule has 0 saturated heterocycles. The highest BCUT2D eigenvalue weighted by atomic mass is 16.2. The van der Waals surface area contributed by atoms with E-state index >= 15 is 0 Å². The lowest BCUT2D eigenvalue weighted by molar-refractivity contribution is -0.129. The van der Waals surface area contributed by atoms with Gasteiger partial charge in [-0.2, -0.15) is 4.98 Å². The summed E-state index contributed by atoms with van der Waals surface area (Å²) >= 11 is 0. The first kappa shape index (κ1) is 30.8. The molecular formula is C31H38N8O2. The largest absolute Gasteiger partial charge is 0.369 e. The molecule has 3 rings (SSSR count). The summed E-state index contributed by atoms with van der Waals surface area (Å²) in [4.78, 5) is 41.2. The zero-order valence-electron chi connectivity index (χ0n) is 24.1. The maximum absolute atomic E-state index is 12.5. The number of rotatable bonds is 13. The van der Waals surface area contributed by atoms with Crippen molar-refractivity contribution in [3.8, 4) is 11.8 Å². The fourth-order valence-electron chi connectivity index (χ4n) is 3.60. The van der Waals surface area contributed by atoms with Crippen molar-refractivity contribution in [1.29, 1.82) is 0 Å². The summed E-state index contributed by atoms with van der Waals surface area (Å²) in [5.74, 6) is 6.97. The Labute approximate surface area is 242 Å². The Morgan fingerprint density at radius 1 is 1.02 bits per heavy atom. The molecule has 10 nitrogen and oxygen atoms in total. The van der Waals surface area contributed by atoms with Gasteiger partial charge in [-0.3, -0.25) is 14.6 Å². The zero-order valence-corrected chi connectivity index (χ0v) is 24.1. The number of aromatic nitrogens is 3. The molecule has 41 heavy (non-hydrogen) atoms. The Morgan fingerprint density at radius 2 is 1.83 bits per heavy atom. The van der Waals surface area contributed by atoms with E-state index in [9.17, 15) is 9.59 Å². The minimum absolute atomic E-state index is 0.0617. The van der Waals surface area contributed by atoms with Crippen LogP contribution in [0.4, 0.5) is 17.5 Å². The van der Waals surface area contributed by atoms with Crippen LogP contribution >= 0.6 is 0 Å². The van der Waals surface area contributed by atoms with Crippen LogP contribution < -0.4 is 16.0 Å². The molecule has 0 radical (unpaired) electrons. The SMILES string of the molecule is CCCNc1nc(NCCc2ccncc2)ncc1C#Cc1cccc(NC(=O)CN(C)C(=O)/C=C/CN(C)C)c1. The summed E-state index contributed by atoms with van der Waals surface area (Å²) in [5, 5.41) is 9.44. The smallest absolute Gasteiger partial charge is 0.246 e. The number of nitrogens with zero attached hydrogens (tertiary/aromatic N) is 5. The highest BCUT2D eigenvalue weighted by molar-refractivity contribution is 5.96. The summed E-state index contributed by atoms with van der Waals surface area (Å²) in [5.41, 5.74) is 3.18. The molecule has 0 atom stereocenters. The summed E-state index contributed by atoms with van der Waals surface area (Å²) in [7, 11) is 5.43. The van der Waals surface area contributed by atoms with E-state index in [1.165, 1.54) is 16.5 Å². The van der Waals surface area contributed by atoms with Crippen LogP contribution in [-0.4, -0.2) is 83.9 Å². The van der Waals surface area contributed by atoms with E-state index in [0.717, 1.165) is 24.9 Å². The third-order valence-corrected chi connectivity index (χ3v) is 5.75. The first-order chi connectivity index (χ1) is 19.8. The number of anilines is 3. The van der Waals surface area contributed by atoms with Gasteiger partial charge in [0.05, 0.1) is 18.3 Å². The topological polar surface area (TPSA) is 115 Å². The van der Waals surface area contributed by atoms with Gasteiger partial charge >= 0.3 is 0 Å². The van der Waals surface area contributed by atoms with E-state index in [0.29, 0.717) is 36.1 Å². The Morgan fingerprint density at radius 3 is 2.59 bits per heavy atom. The standard InChI is InChI=1S/C31H38N8O2/c1-5-16-33-30-26(22-35-31(37-30)34-19-15-24-13-17-32-18-14-24)12-11-25-8-6-9-27(21-25)36-28(40)23-39(4)29(41)10-7-20-38(2)3/h6-10,13-14,17-18,21-22H,5,15-16,19-20,23H2,1-4H3,(H,36,40)(H2,33,34,35,37)/b10-7+. The number of carbonyl (C=O) groups excluding carboxylic acids is 2. The van der Waals surface area contributed by atoms with Crippen molar-refractivity contribution in [3.05, 3.63) is 83.8 Å². The average molecular weight is 555 g/mol. The van der Waals surface area contributed by atoms with Gasteiger partial charge in [-0.1, -0.05) is 30.9 Å². The van der Waals surface area contributed by atoms with Gasteiger partial charge in [0.1, 0.15) is 5.82 Å². The van der Waals surface area contributed by atoms with E-state index in [-0.39, 0.29) is 18.4 Å². The molecule has 3 N–H and O–H groups in total. The minimum Gasteiger partial charge on any atom is -0.369 e. The number of amides is 2. The van der Waals surface area contributed by atoms with Gasteiger partial charge in [-0.05, 0) is 62.8 Å². The van der Waals surface area contributed by atoms with Crippen molar-refractivity contribution >= 4 is 29.3 Å². The minimum atomic E-state index is -0.293. The Kier molecular flexibility index (Phi) is 12.3. The molecule has 0 aliphatic rings. The van der Waals surface area contributed by atoms with Gasteiger partial charge in [-0.15, -0.1) is 0 Å². The van der Waals surface area contributed by atoms with Crippen LogP contribution in [0.5, 0.6) is 0 Å². The monoisotopic (exact) mass is 554 g/mol. The second kappa shape index (κ2) is 16.4. The predicted molar refractivity (Wildman–Crippen MR) is 164 cm³/mol. The van der Waals surface area contributed by atoms with Crippen LogP contribution in [-0.2, 0) is 16.0 Å². The summed E-state index contributed by atoms with van der Waals surface area (Å²) < 4.78 is 0. The average Bonchev–Trinajstić information content (AvgIpc) is 2.96. The number of benzene rings is 1. The van der Waals surface area contributed by atoms with Crippen molar-refractivity contribution in [2.45, 2.75) is 19.8 Å². The normalized spacial score (nSPS) is 10.7. The molecule has 0 unspecified atom stereocenters. The van der Waals surface area contributed by atoms with Gasteiger partial charge in [0.15, 0.2) is 0 Å². The molecule has 0 aliphatic carbocycles. The van der Waals surface area contributed by atoms with E-state index in [1.807, 2.05) is 43.3 Å². The van der Waals surface area contributed by atoms with E-state index in [2.05, 4.69) is 49.7 Å². The second-order valence-electron chi connectivity index (χ2n) is 9.65. The Hall–Kier alpha value is -4.75. The van der Waals surface area contributed by atoms with Crippen molar-refractivity contribution in [2.24, 2.45) is 0 Å². The maximum Gasteiger partial charge on any atom is 0.246 e. The molecule has 0 spiro atoms. The summed E-state index contributed by atoms with van der Waals surface area (Å²) in [6.07, 6.45) is 10.3. The molecule has 0 bridgehead atoms. The zero-order chi connectivity index (χ0) is 29.5. The fraction of sp³-hybridized carbons (Fsp3) is 0.323. The highest BCUT2D eigenvalue weighted by Crippen LogP contribution is 2.15. The third-order valence-electron chi connectivity index (χ3n) is 5.75. The molecule has 2 aromatic heterocycles. The van der Waals surface area contributed by atoms with Gasteiger partial charge in [0.25, 0.3) is 0 Å².